The van der Waals surface area contributed by atoms with Gasteiger partial charge in [-0.15, -0.1) is 0 Å². The lowest BCUT2D eigenvalue weighted by Gasteiger charge is -2.46. The van der Waals surface area contributed by atoms with E-state index in [2.05, 4.69) is 39.8 Å². The van der Waals surface area contributed by atoms with Gasteiger partial charge in [-0.05, 0) is 44.7 Å². The standard InChI is InChI=1S/C26H31ClN6O/c1-3-24(34)32-11-12-33(17(2)16-32)19-8-6-7-18(13-19)30-26-29-15-22(27)25(31-26)21-14-28-23-10-5-4-9-20(21)23/h3-5,9-10,14-15,17-19,28H,1,6-8,11-13,16H2,2H3,(H,29,30,31)/t17-,18+,19-/m0/s1. The van der Waals surface area contributed by atoms with Crippen LogP contribution in [0.5, 0.6) is 0 Å². The van der Waals surface area contributed by atoms with Gasteiger partial charge >= 0.3 is 0 Å². The topological polar surface area (TPSA) is 77.2 Å². The zero-order valence-corrected chi connectivity index (χ0v) is 20.3. The van der Waals surface area contributed by atoms with Gasteiger partial charge in [0.05, 0.1) is 16.9 Å². The van der Waals surface area contributed by atoms with E-state index in [0.29, 0.717) is 29.1 Å². The summed E-state index contributed by atoms with van der Waals surface area (Å²) in [6.07, 6.45) is 9.52. The number of anilines is 1. The minimum absolute atomic E-state index is 0.0283. The van der Waals surface area contributed by atoms with Gasteiger partial charge in [-0.2, -0.15) is 0 Å². The largest absolute Gasteiger partial charge is 0.360 e. The molecule has 2 N–H and O–H groups in total. The molecule has 1 aliphatic heterocycles. The number of rotatable bonds is 5. The summed E-state index contributed by atoms with van der Waals surface area (Å²) in [7, 11) is 0. The van der Waals surface area contributed by atoms with Gasteiger partial charge in [0, 0.05) is 60.4 Å². The van der Waals surface area contributed by atoms with Crippen molar-refractivity contribution < 1.29 is 4.79 Å². The highest BCUT2D eigenvalue weighted by Crippen LogP contribution is 2.33. The normalized spacial score (nSPS) is 23.7. The minimum Gasteiger partial charge on any atom is -0.360 e. The Bertz CT molecular complexity index is 1190. The Morgan fingerprint density at radius 1 is 1.29 bits per heavy atom. The number of aromatic nitrogens is 3. The number of nitrogens with one attached hydrogen (secondary N) is 2. The summed E-state index contributed by atoms with van der Waals surface area (Å²) in [5.41, 5.74) is 2.77. The first-order valence-electron chi connectivity index (χ1n) is 12.1. The average Bonchev–Trinajstić information content (AvgIpc) is 3.29. The second-order valence-corrected chi connectivity index (χ2v) is 9.78. The number of hydrogen-bond donors (Lipinski definition) is 2. The van der Waals surface area contributed by atoms with E-state index in [1.165, 1.54) is 12.5 Å². The van der Waals surface area contributed by atoms with E-state index >= 15 is 0 Å². The molecular weight excluding hydrogens is 448 g/mol. The highest BCUT2D eigenvalue weighted by atomic mass is 35.5. The van der Waals surface area contributed by atoms with E-state index in [1.54, 1.807) is 6.20 Å². The monoisotopic (exact) mass is 478 g/mol. The molecule has 2 aliphatic rings. The molecule has 8 heteroatoms. The number of carbonyl (C=O) groups excluding carboxylic acids is 1. The highest BCUT2D eigenvalue weighted by molar-refractivity contribution is 6.33. The van der Waals surface area contributed by atoms with E-state index in [4.69, 9.17) is 16.6 Å². The summed E-state index contributed by atoms with van der Waals surface area (Å²) in [4.78, 5) is 29.1. The van der Waals surface area contributed by atoms with E-state index in [-0.39, 0.29) is 5.91 Å². The quantitative estimate of drug-likeness (QED) is 0.519. The molecule has 3 atom stereocenters. The van der Waals surface area contributed by atoms with E-state index in [1.807, 2.05) is 29.3 Å². The van der Waals surface area contributed by atoms with Crippen LogP contribution in [0.4, 0.5) is 5.95 Å². The fraction of sp³-hybridized carbons (Fsp3) is 0.423. The number of piperazine rings is 1. The summed E-state index contributed by atoms with van der Waals surface area (Å²) < 4.78 is 0. The first kappa shape index (κ1) is 22.9. The molecule has 0 unspecified atom stereocenters. The molecule has 3 heterocycles. The van der Waals surface area contributed by atoms with Gasteiger partial charge in [-0.3, -0.25) is 9.69 Å². The van der Waals surface area contributed by atoms with Crippen LogP contribution in [-0.2, 0) is 4.79 Å². The molecule has 1 aromatic carbocycles. The number of nitrogens with zero attached hydrogens (tertiary/aromatic N) is 4. The van der Waals surface area contributed by atoms with Crippen LogP contribution in [0.3, 0.4) is 0 Å². The number of carbonyl (C=O) groups is 1. The molecule has 1 aliphatic carbocycles. The third kappa shape index (κ3) is 4.55. The Labute approximate surface area is 205 Å². The van der Waals surface area contributed by atoms with Crippen molar-refractivity contribution >= 4 is 34.4 Å². The predicted molar refractivity (Wildman–Crippen MR) is 137 cm³/mol. The van der Waals surface area contributed by atoms with Crippen LogP contribution in [0, 0.1) is 0 Å². The smallest absolute Gasteiger partial charge is 0.246 e. The van der Waals surface area contributed by atoms with Crippen LogP contribution >= 0.6 is 11.6 Å². The summed E-state index contributed by atoms with van der Waals surface area (Å²) >= 11 is 6.51. The Morgan fingerprint density at radius 2 is 2.15 bits per heavy atom. The zero-order valence-electron chi connectivity index (χ0n) is 19.5. The molecule has 1 saturated heterocycles. The van der Waals surface area contributed by atoms with Crippen molar-refractivity contribution in [2.45, 2.75) is 50.7 Å². The third-order valence-corrected chi connectivity index (χ3v) is 7.48. The first-order valence-corrected chi connectivity index (χ1v) is 12.4. The Kier molecular flexibility index (Phi) is 6.57. The summed E-state index contributed by atoms with van der Waals surface area (Å²) in [6, 6.07) is 9.27. The van der Waals surface area contributed by atoms with Crippen molar-refractivity contribution in [2.75, 3.05) is 25.0 Å². The molecule has 2 fully saturated rings. The lowest BCUT2D eigenvalue weighted by molar-refractivity contribution is -0.129. The number of para-hydroxylation sites is 1. The number of halogens is 1. The van der Waals surface area contributed by atoms with Crippen molar-refractivity contribution in [1.82, 2.24) is 24.8 Å². The number of benzene rings is 1. The minimum atomic E-state index is 0.0283. The maximum Gasteiger partial charge on any atom is 0.246 e. The number of aromatic amines is 1. The van der Waals surface area contributed by atoms with E-state index in [9.17, 15) is 4.79 Å². The zero-order chi connectivity index (χ0) is 23.7. The molecule has 178 valence electrons. The van der Waals surface area contributed by atoms with Gasteiger partial charge in [0.1, 0.15) is 0 Å². The molecule has 2 aromatic heterocycles. The lowest BCUT2D eigenvalue weighted by Crippen LogP contribution is -2.57. The van der Waals surface area contributed by atoms with Gasteiger partial charge in [-0.1, -0.05) is 36.4 Å². The molecule has 0 spiro atoms. The van der Waals surface area contributed by atoms with Crippen LogP contribution in [0.1, 0.15) is 32.6 Å². The number of amides is 1. The Balaban J connectivity index is 1.28. The van der Waals surface area contributed by atoms with E-state index in [0.717, 1.165) is 61.1 Å². The summed E-state index contributed by atoms with van der Waals surface area (Å²) in [6.45, 7) is 8.27. The maximum atomic E-state index is 12.0. The molecule has 3 aromatic rings. The van der Waals surface area contributed by atoms with Crippen LogP contribution in [-0.4, -0.2) is 68.4 Å². The van der Waals surface area contributed by atoms with Crippen molar-refractivity contribution in [2.24, 2.45) is 0 Å². The molecule has 1 amide bonds. The van der Waals surface area contributed by atoms with Gasteiger partial charge in [0.25, 0.3) is 0 Å². The predicted octanol–water partition coefficient (Wildman–Crippen LogP) is 4.72. The van der Waals surface area contributed by atoms with Gasteiger partial charge in [0.2, 0.25) is 11.9 Å². The molecule has 0 bridgehead atoms. The Morgan fingerprint density at radius 3 is 2.97 bits per heavy atom. The molecule has 0 radical (unpaired) electrons. The molecule has 5 rings (SSSR count). The fourth-order valence-corrected chi connectivity index (χ4v) is 5.71. The number of fused-ring (bicyclic) bond motifs is 1. The van der Waals surface area contributed by atoms with Crippen molar-refractivity contribution in [3.05, 3.63) is 54.3 Å². The van der Waals surface area contributed by atoms with Crippen molar-refractivity contribution in [3.63, 3.8) is 0 Å². The Hall–Kier alpha value is -2.90. The summed E-state index contributed by atoms with van der Waals surface area (Å²) in [5, 5.41) is 5.21. The van der Waals surface area contributed by atoms with Crippen LogP contribution in [0.2, 0.25) is 5.02 Å². The maximum absolute atomic E-state index is 12.0. The first-order chi connectivity index (χ1) is 16.5. The fourth-order valence-electron chi connectivity index (χ4n) is 5.52. The SMILES string of the molecule is C=CC(=O)N1CCN([C@H]2CCC[C@@H](Nc3ncc(Cl)c(-c4c[nH]c5ccccc45)n3)C2)[C@@H](C)C1. The molecular formula is C26H31ClN6O. The van der Waals surface area contributed by atoms with E-state index < -0.39 is 0 Å². The molecule has 1 saturated carbocycles. The second kappa shape index (κ2) is 9.76. The van der Waals surface area contributed by atoms with Gasteiger partial charge in [0.15, 0.2) is 0 Å². The van der Waals surface area contributed by atoms with Crippen LogP contribution in [0.25, 0.3) is 22.2 Å². The highest BCUT2D eigenvalue weighted by Gasteiger charge is 2.33. The lowest BCUT2D eigenvalue weighted by atomic mass is 9.88. The molecule has 34 heavy (non-hydrogen) atoms. The van der Waals surface area contributed by atoms with Gasteiger partial charge in [-0.25, -0.2) is 9.97 Å². The second-order valence-electron chi connectivity index (χ2n) is 9.38. The van der Waals surface area contributed by atoms with Crippen molar-refractivity contribution in [1.29, 1.82) is 0 Å². The summed E-state index contributed by atoms with van der Waals surface area (Å²) in [5.74, 6) is 0.644. The number of hydrogen-bond acceptors (Lipinski definition) is 5. The third-order valence-electron chi connectivity index (χ3n) is 7.20. The number of H-pyrrole nitrogens is 1. The molecule has 7 nitrogen and oxygen atoms in total. The van der Waals surface area contributed by atoms with Crippen molar-refractivity contribution in [3.8, 4) is 11.3 Å². The van der Waals surface area contributed by atoms with Gasteiger partial charge < -0.3 is 15.2 Å². The van der Waals surface area contributed by atoms with Crippen LogP contribution < -0.4 is 5.32 Å². The van der Waals surface area contributed by atoms with Crippen LogP contribution in [0.15, 0.2) is 49.3 Å². The average molecular weight is 479 g/mol.